The number of carbonyl (C=O) groups excluding carboxylic acids is 2. The van der Waals surface area contributed by atoms with Crippen molar-refractivity contribution in [3.63, 3.8) is 0 Å². The zero-order chi connectivity index (χ0) is 17.4. The number of aryl methyl sites for hydroxylation is 1. The lowest BCUT2D eigenvalue weighted by molar-refractivity contribution is 0.0656. The second-order valence-electron chi connectivity index (χ2n) is 6.05. The molecule has 0 unspecified atom stereocenters. The summed E-state index contributed by atoms with van der Waals surface area (Å²) in [4.78, 5) is 30.7. The van der Waals surface area contributed by atoms with E-state index in [9.17, 15) is 9.59 Å². The van der Waals surface area contributed by atoms with Gasteiger partial charge in [0, 0.05) is 23.9 Å². The number of thiazole rings is 1. The summed E-state index contributed by atoms with van der Waals surface area (Å²) in [7, 11) is 0. The molecule has 0 saturated carbocycles. The van der Waals surface area contributed by atoms with Crippen LogP contribution in [0.15, 0.2) is 53.9 Å². The Hall–Kier alpha value is -2.31. The Morgan fingerprint density at radius 2 is 1.58 bits per heavy atom. The van der Waals surface area contributed by atoms with Crippen molar-refractivity contribution in [1.82, 2.24) is 9.88 Å². The fraction of sp³-hybridized carbons (Fsp3) is 0.150. The van der Waals surface area contributed by atoms with Crippen molar-refractivity contribution in [2.75, 3.05) is 6.54 Å². The lowest BCUT2D eigenvalue weighted by Gasteiger charge is -2.12. The second kappa shape index (κ2) is 7.51. The van der Waals surface area contributed by atoms with Crippen LogP contribution in [0.2, 0.25) is 0 Å². The van der Waals surface area contributed by atoms with Crippen LogP contribution in [0.5, 0.6) is 0 Å². The van der Waals surface area contributed by atoms with Crippen LogP contribution in [0, 0.1) is 6.92 Å². The Morgan fingerprint density at radius 3 is 2.19 bits per heavy atom. The molecule has 0 bridgehead atoms. The van der Waals surface area contributed by atoms with Crippen LogP contribution >= 0.6 is 28.3 Å². The number of aromatic nitrogens is 1. The van der Waals surface area contributed by atoms with Crippen molar-refractivity contribution in [3.8, 4) is 11.3 Å². The molecule has 0 fully saturated rings. The number of imide groups is 1. The molecule has 0 aliphatic carbocycles. The van der Waals surface area contributed by atoms with Gasteiger partial charge in [-0.25, -0.2) is 4.98 Å². The summed E-state index contributed by atoms with van der Waals surface area (Å²) in [5.74, 6) is -0.424. The Morgan fingerprint density at radius 1 is 0.962 bits per heavy atom. The van der Waals surface area contributed by atoms with Crippen molar-refractivity contribution in [2.45, 2.75) is 13.3 Å². The van der Waals surface area contributed by atoms with E-state index in [-0.39, 0.29) is 28.8 Å². The molecule has 1 aliphatic heterocycles. The number of carbonyl (C=O) groups is 2. The molecule has 1 aromatic heterocycles. The van der Waals surface area contributed by atoms with E-state index in [0.717, 1.165) is 16.3 Å². The van der Waals surface area contributed by atoms with Crippen LogP contribution in [0.4, 0.5) is 0 Å². The van der Waals surface area contributed by atoms with Crippen LogP contribution in [-0.4, -0.2) is 28.2 Å². The predicted molar refractivity (Wildman–Crippen MR) is 108 cm³/mol. The Balaban J connectivity index is 0.00000196. The minimum Gasteiger partial charge on any atom is -0.274 e. The SMILES string of the molecule is Br.Cc1ccc(-c2csc(CCN3C(=O)c4ccccc4C3=O)n2)cc1. The fourth-order valence-corrected chi connectivity index (χ4v) is 3.73. The fourth-order valence-electron chi connectivity index (χ4n) is 2.93. The third kappa shape index (κ3) is 3.34. The van der Waals surface area contributed by atoms with Crippen molar-refractivity contribution < 1.29 is 9.59 Å². The Bertz CT molecular complexity index is 931. The van der Waals surface area contributed by atoms with E-state index in [2.05, 4.69) is 36.2 Å². The lowest BCUT2D eigenvalue weighted by Crippen LogP contribution is -2.31. The van der Waals surface area contributed by atoms with Crippen LogP contribution in [0.3, 0.4) is 0 Å². The molecule has 0 spiro atoms. The maximum Gasteiger partial charge on any atom is 0.261 e. The van der Waals surface area contributed by atoms with E-state index in [0.29, 0.717) is 24.1 Å². The summed E-state index contributed by atoms with van der Waals surface area (Å²) in [6, 6.07) is 15.2. The molecule has 6 heteroatoms. The highest BCUT2D eigenvalue weighted by Crippen LogP contribution is 2.25. The molecule has 1 aliphatic rings. The van der Waals surface area contributed by atoms with E-state index >= 15 is 0 Å². The van der Waals surface area contributed by atoms with Gasteiger partial charge in [0.2, 0.25) is 0 Å². The molecule has 0 atom stereocenters. The van der Waals surface area contributed by atoms with E-state index in [1.54, 1.807) is 35.6 Å². The maximum absolute atomic E-state index is 12.4. The highest BCUT2D eigenvalue weighted by Gasteiger charge is 2.34. The number of hydrogen-bond acceptors (Lipinski definition) is 4. The second-order valence-corrected chi connectivity index (χ2v) is 6.99. The first kappa shape index (κ1) is 18.5. The standard InChI is InChI=1S/C20H16N2O2S.BrH/c1-13-6-8-14(9-7-13)17-12-25-18(21-17)10-11-22-19(23)15-4-2-3-5-16(15)20(22)24;/h2-9,12H,10-11H2,1H3;1H. The van der Waals surface area contributed by atoms with Gasteiger partial charge in [0.25, 0.3) is 11.8 Å². The van der Waals surface area contributed by atoms with Crippen LogP contribution in [0.25, 0.3) is 11.3 Å². The summed E-state index contributed by atoms with van der Waals surface area (Å²) in [6.07, 6.45) is 0.571. The first-order valence-electron chi connectivity index (χ1n) is 8.10. The van der Waals surface area contributed by atoms with Crippen molar-refractivity contribution in [3.05, 3.63) is 75.6 Å². The van der Waals surface area contributed by atoms with E-state index < -0.39 is 0 Å². The molecule has 3 aromatic rings. The van der Waals surface area contributed by atoms with Gasteiger partial charge < -0.3 is 0 Å². The molecular weight excluding hydrogens is 412 g/mol. The maximum atomic E-state index is 12.4. The third-order valence-corrected chi connectivity index (χ3v) is 5.24. The quantitative estimate of drug-likeness (QED) is 0.573. The van der Waals surface area contributed by atoms with Crippen LogP contribution in [-0.2, 0) is 6.42 Å². The minimum absolute atomic E-state index is 0. The third-order valence-electron chi connectivity index (χ3n) is 4.33. The first-order chi connectivity index (χ1) is 12.1. The van der Waals surface area contributed by atoms with Gasteiger partial charge in [0.05, 0.1) is 21.8 Å². The van der Waals surface area contributed by atoms with Gasteiger partial charge in [-0.05, 0) is 19.1 Å². The Labute approximate surface area is 166 Å². The number of benzene rings is 2. The normalized spacial score (nSPS) is 12.9. The molecule has 4 nitrogen and oxygen atoms in total. The van der Waals surface area contributed by atoms with Crippen molar-refractivity contribution in [2.24, 2.45) is 0 Å². The number of amides is 2. The zero-order valence-electron chi connectivity index (χ0n) is 14.1. The number of fused-ring (bicyclic) bond motifs is 1. The summed E-state index contributed by atoms with van der Waals surface area (Å²) in [5.41, 5.74) is 4.21. The van der Waals surface area contributed by atoms with Gasteiger partial charge in [-0.15, -0.1) is 28.3 Å². The summed E-state index contributed by atoms with van der Waals surface area (Å²) in [5, 5.41) is 2.94. The molecule has 0 saturated heterocycles. The monoisotopic (exact) mass is 428 g/mol. The van der Waals surface area contributed by atoms with Crippen molar-refractivity contribution >= 4 is 40.1 Å². The van der Waals surface area contributed by atoms with Crippen LogP contribution < -0.4 is 0 Å². The largest absolute Gasteiger partial charge is 0.274 e. The van der Waals surface area contributed by atoms with Gasteiger partial charge in [-0.2, -0.15) is 0 Å². The smallest absolute Gasteiger partial charge is 0.261 e. The topological polar surface area (TPSA) is 50.3 Å². The van der Waals surface area contributed by atoms with Gasteiger partial charge in [0.1, 0.15) is 0 Å². The van der Waals surface area contributed by atoms with Gasteiger partial charge >= 0.3 is 0 Å². The molecule has 132 valence electrons. The molecule has 4 rings (SSSR count). The number of halogens is 1. The summed E-state index contributed by atoms with van der Waals surface area (Å²) >= 11 is 1.56. The van der Waals surface area contributed by atoms with Gasteiger partial charge in [-0.1, -0.05) is 42.0 Å². The number of hydrogen-bond donors (Lipinski definition) is 0. The van der Waals surface area contributed by atoms with Crippen molar-refractivity contribution in [1.29, 1.82) is 0 Å². The minimum atomic E-state index is -0.212. The lowest BCUT2D eigenvalue weighted by atomic mass is 10.1. The highest BCUT2D eigenvalue weighted by atomic mass is 79.9. The average Bonchev–Trinajstić information content (AvgIpc) is 3.19. The summed E-state index contributed by atoms with van der Waals surface area (Å²) < 4.78 is 0. The number of nitrogens with zero attached hydrogens (tertiary/aromatic N) is 2. The molecule has 0 N–H and O–H groups in total. The first-order valence-corrected chi connectivity index (χ1v) is 8.98. The Kier molecular flexibility index (Phi) is 5.34. The molecule has 2 amide bonds. The molecule has 0 radical (unpaired) electrons. The molecule has 2 aromatic carbocycles. The van der Waals surface area contributed by atoms with E-state index in [1.807, 2.05) is 5.38 Å². The average molecular weight is 429 g/mol. The zero-order valence-corrected chi connectivity index (χ0v) is 16.7. The molecular formula is C20H17BrN2O2S. The predicted octanol–water partition coefficient (Wildman–Crippen LogP) is 4.54. The van der Waals surface area contributed by atoms with Gasteiger partial charge in [-0.3, -0.25) is 14.5 Å². The van der Waals surface area contributed by atoms with E-state index in [4.69, 9.17) is 0 Å². The molecule has 26 heavy (non-hydrogen) atoms. The van der Waals surface area contributed by atoms with Crippen LogP contribution in [0.1, 0.15) is 31.3 Å². The van der Waals surface area contributed by atoms with E-state index in [1.165, 1.54) is 10.5 Å². The van der Waals surface area contributed by atoms with Gasteiger partial charge in [0.15, 0.2) is 0 Å². The molecule has 2 heterocycles. The highest BCUT2D eigenvalue weighted by molar-refractivity contribution is 8.93. The summed E-state index contributed by atoms with van der Waals surface area (Å²) in [6.45, 7) is 2.41. The number of rotatable bonds is 4.